The van der Waals surface area contributed by atoms with Gasteiger partial charge in [-0.25, -0.2) is 4.79 Å². The van der Waals surface area contributed by atoms with Gasteiger partial charge in [0.2, 0.25) is 0 Å². The molecule has 0 unspecified atom stereocenters. The quantitative estimate of drug-likeness (QED) is 0.878. The topological polar surface area (TPSA) is 85.1 Å². The summed E-state index contributed by atoms with van der Waals surface area (Å²) in [6.45, 7) is 5.47. The molecule has 1 saturated heterocycles. The van der Waals surface area contributed by atoms with Crippen LogP contribution in [0.1, 0.15) is 27.7 Å². The molecule has 1 aromatic heterocycles. The number of nitrogen functional groups attached to an aromatic ring is 1. The maximum atomic E-state index is 12.8. The lowest BCUT2D eigenvalue weighted by atomic mass is 10.0. The van der Waals surface area contributed by atoms with Crippen molar-refractivity contribution in [3.8, 4) is 0 Å². The number of carbonyl (C=O) groups excluding carboxylic acids is 2. The number of hydrogen-bond acceptors (Lipinski definition) is 6. The van der Waals surface area contributed by atoms with E-state index in [1.54, 1.807) is 16.7 Å². The SMILES string of the molecule is CCOC(=O)N1CCc2c(sc(N)c2C(=O)N2CCOCC2)C1. The Labute approximate surface area is 138 Å². The average Bonchev–Trinajstić information content (AvgIpc) is 2.90. The molecule has 1 fully saturated rings. The predicted octanol–water partition coefficient (Wildman–Crippen LogP) is 1.32. The molecule has 3 heterocycles. The number of thiophene rings is 1. The molecule has 2 aliphatic heterocycles. The molecule has 0 aromatic carbocycles. The highest BCUT2D eigenvalue weighted by atomic mass is 32.1. The number of rotatable bonds is 2. The summed E-state index contributed by atoms with van der Waals surface area (Å²) in [6.07, 6.45) is 0.318. The van der Waals surface area contributed by atoms with Crippen LogP contribution in [0.2, 0.25) is 0 Å². The Kier molecular flexibility index (Phi) is 4.72. The molecule has 0 saturated carbocycles. The lowest BCUT2D eigenvalue weighted by molar-refractivity contribution is 0.0303. The summed E-state index contributed by atoms with van der Waals surface area (Å²) in [6, 6.07) is 0. The van der Waals surface area contributed by atoms with Gasteiger partial charge in [0.25, 0.3) is 5.91 Å². The Balaban J connectivity index is 1.80. The van der Waals surface area contributed by atoms with Crippen molar-refractivity contribution in [2.45, 2.75) is 19.9 Å². The number of nitrogens with zero attached hydrogens (tertiary/aromatic N) is 2. The number of anilines is 1. The normalized spacial score (nSPS) is 17.8. The van der Waals surface area contributed by atoms with E-state index in [9.17, 15) is 9.59 Å². The van der Waals surface area contributed by atoms with Crippen LogP contribution in [0.3, 0.4) is 0 Å². The minimum Gasteiger partial charge on any atom is -0.450 e. The van der Waals surface area contributed by atoms with Gasteiger partial charge < -0.3 is 25.0 Å². The first-order chi connectivity index (χ1) is 11.1. The number of carbonyl (C=O) groups is 2. The molecule has 1 aromatic rings. The number of fused-ring (bicyclic) bond motifs is 1. The summed E-state index contributed by atoms with van der Waals surface area (Å²) >= 11 is 1.40. The zero-order chi connectivity index (χ0) is 16.4. The van der Waals surface area contributed by atoms with Crippen LogP contribution in [-0.2, 0) is 22.4 Å². The number of nitrogens with two attached hydrogens (primary N) is 1. The van der Waals surface area contributed by atoms with Crippen molar-refractivity contribution in [1.29, 1.82) is 0 Å². The third-order valence-electron chi connectivity index (χ3n) is 4.12. The molecule has 0 atom stereocenters. The van der Waals surface area contributed by atoms with Crippen molar-refractivity contribution >= 4 is 28.3 Å². The van der Waals surface area contributed by atoms with Crippen molar-refractivity contribution in [3.63, 3.8) is 0 Å². The monoisotopic (exact) mass is 339 g/mol. The van der Waals surface area contributed by atoms with E-state index in [0.29, 0.717) is 63.0 Å². The fourth-order valence-corrected chi connectivity index (χ4v) is 4.08. The van der Waals surface area contributed by atoms with Crippen molar-refractivity contribution in [2.24, 2.45) is 0 Å². The second-order valence-corrected chi connectivity index (χ2v) is 6.65. The molecule has 7 nitrogen and oxygen atoms in total. The lowest BCUT2D eigenvalue weighted by Crippen LogP contribution is -2.41. The van der Waals surface area contributed by atoms with Gasteiger partial charge in [-0.2, -0.15) is 0 Å². The maximum Gasteiger partial charge on any atom is 0.410 e. The van der Waals surface area contributed by atoms with Gasteiger partial charge in [-0.1, -0.05) is 0 Å². The van der Waals surface area contributed by atoms with Gasteiger partial charge in [0.1, 0.15) is 0 Å². The van der Waals surface area contributed by atoms with Gasteiger partial charge in [-0.05, 0) is 18.9 Å². The zero-order valence-corrected chi connectivity index (χ0v) is 14.0. The summed E-state index contributed by atoms with van der Waals surface area (Å²) in [5.41, 5.74) is 7.73. The largest absolute Gasteiger partial charge is 0.450 e. The molecule has 23 heavy (non-hydrogen) atoms. The summed E-state index contributed by atoms with van der Waals surface area (Å²) in [7, 11) is 0. The summed E-state index contributed by atoms with van der Waals surface area (Å²) in [5.74, 6) is -0.0205. The minimum absolute atomic E-state index is 0.0205. The van der Waals surface area contributed by atoms with E-state index < -0.39 is 0 Å². The molecule has 126 valence electrons. The smallest absolute Gasteiger partial charge is 0.410 e. The zero-order valence-electron chi connectivity index (χ0n) is 13.2. The molecule has 2 aliphatic rings. The van der Waals surface area contributed by atoms with E-state index >= 15 is 0 Å². The fraction of sp³-hybridized carbons (Fsp3) is 0.600. The third-order valence-corrected chi connectivity index (χ3v) is 5.17. The second-order valence-electron chi connectivity index (χ2n) is 5.52. The highest BCUT2D eigenvalue weighted by molar-refractivity contribution is 7.16. The predicted molar refractivity (Wildman–Crippen MR) is 86.6 cm³/mol. The molecule has 2 amide bonds. The van der Waals surface area contributed by atoms with Crippen LogP contribution in [0.5, 0.6) is 0 Å². The second kappa shape index (κ2) is 6.76. The summed E-state index contributed by atoms with van der Waals surface area (Å²) in [4.78, 5) is 29.1. The molecule has 0 radical (unpaired) electrons. The first-order valence-corrected chi connectivity index (χ1v) is 8.62. The van der Waals surface area contributed by atoms with Crippen molar-refractivity contribution in [2.75, 3.05) is 45.2 Å². The van der Waals surface area contributed by atoms with E-state index in [-0.39, 0.29) is 12.0 Å². The molecule has 3 rings (SSSR count). The van der Waals surface area contributed by atoms with E-state index in [0.717, 1.165) is 10.4 Å². The van der Waals surface area contributed by atoms with Crippen LogP contribution < -0.4 is 5.73 Å². The van der Waals surface area contributed by atoms with Gasteiger partial charge in [-0.3, -0.25) is 4.79 Å². The summed E-state index contributed by atoms with van der Waals surface area (Å²) < 4.78 is 10.3. The van der Waals surface area contributed by atoms with Gasteiger partial charge in [0, 0.05) is 24.5 Å². The number of morpholine rings is 1. The Bertz CT molecular complexity index is 610. The van der Waals surface area contributed by atoms with Gasteiger partial charge >= 0.3 is 6.09 Å². The molecule has 0 aliphatic carbocycles. The molecular weight excluding hydrogens is 318 g/mol. The van der Waals surface area contributed by atoms with Crippen LogP contribution in [-0.4, -0.2) is 61.3 Å². The van der Waals surface area contributed by atoms with E-state index in [4.69, 9.17) is 15.2 Å². The minimum atomic E-state index is -0.314. The molecular formula is C15H21N3O4S. The van der Waals surface area contributed by atoms with E-state index in [1.807, 2.05) is 0 Å². The van der Waals surface area contributed by atoms with Gasteiger partial charge in [0.15, 0.2) is 0 Å². The standard InChI is InChI=1S/C15H21N3O4S/c1-2-22-15(20)18-4-3-10-11(9-18)23-13(16)12(10)14(19)17-5-7-21-8-6-17/h2-9,16H2,1H3. The third kappa shape index (κ3) is 3.13. The summed E-state index contributed by atoms with van der Waals surface area (Å²) in [5, 5.41) is 0.539. The lowest BCUT2D eigenvalue weighted by Gasteiger charge is -2.29. The van der Waals surface area contributed by atoms with Crippen molar-refractivity contribution in [3.05, 3.63) is 16.0 Å². The van der Waals surface area contributed by atoms with Gasteiger partial charge in [0.05, 0.1) is 36.9 Å². The first-order valence-electron chi connectivity index (χ1n) is 7.80. The van der Waals surface area contributed by atoms with Crippen molar-refractivity contribution < 1.29 is 19.1 Å². The van der Waals surface area contributed by atoms with Crippen LogP contribution in [0.4, 0.5) is 9.80 Å². The van der Waals surface area contributed by atoms with E-state index in [1.165, 1.54) is 11.3 Å². The van der Waals surface area contributed by atoms with Crippen molar-refractivity contribution in [1.82, 2.24) is 9.80 Å². The molecule has 8 heteroatoms. The number of ether oxygens (including phenoxy) is 2. The van der Waals surface area contributed by atoms with Crippen LogP contribution in [0.25, 0.3) is 0 Å². The number of hydrogen-bond donors (Lipinski definition) is 1. The maximum absolute atomic E-state index is 12.8. The number of amides is 2. The first kappa shape index (κ1) is 16.1. The van der Waals surface area contributed by atoms with Crippen LogP contribution >= 0.6 is 11.3 Å². The highest BCUT2D eigenvalue weighted by Crippen LogP contribution is 2.36. The average molecular weight is 339 g/mol. The highest BCUT2D eigenvalue weighted by Gasteiger charge is 2.31. The fourth-order valence-electron chi connectivity index (χ4n) is 2.95. The van der Waals surface area contributed by atoms with Crippen LogP contribution in [0.15, 0.2) is 0 Å². The molecule has 2 N–H and O–H groups in total. The van der Waals surface area contributed by atoms with Gasteiger partial charge in [-0.15, -0.1) is 11.3 Å². The molecule has 0 bridgehead atoms. The Morgan fingerprint density at radius 2 is 2.00 bits per heavy atom. The van der Waals surface area contributed by atoms with Crippen LogP contribution in [0, 0.1) is 0 Å². The molecule has 0 spiro atoms. The Morgan fingerprint density at radius 3 is 2.70 bits per heavy atom. The Hall–Kier alpha value is -1.80. The van der Waals surface area contributed by atoms with E-state index in [2.05, 4.69) is 0 Å². The Morgan fingerprint density at radius 1 is 1.26 bits per heavy atom.